The lowest BCUT2D eigenvalue weighted by atomic mass is 11.1. The van der Waals surface area contributed by atoms with Crippen LogP contribution in [-0.4, -0.2) is 17.4 Å². The monoisotopic (exact) mass is 163 g/mol. The van der Waals surface area contributed by atoms with E-state index in [0.717, 1.165) is 0 Å². The van der Waals surface area contributed by atoms with Crippen molar-refractivity contribution < 1.29 is 14.3 Å². The highest BCUT2D eigenvalue weighted by Crippen LogP contribution is 1.81. The summed E-state index contributed by atoms with van der Waals surface area (Å²) < 4.78 is 8.02. The van der Waals surface area contributed by atoms with Gasteiger partial charge in [-0.05, 0) is 12.2 Å². The molecule has 0 unspecified atom stereocenters. The van der Waals surface area contributed by atoms with Crippen LogP contribution in [0, 0.1) is 5.41 Å². The minimum Gasteiger partial charge on any atom is -0.384 e. The summed E-state index contributed by atoms with van der Waals surface area (Å²) in [7, 11) is 0. The Bertz CT molecular complexity index is 162. The van der Waals surface area contributed by atoms with Crippen LogP contribution in [0.5, 0.6) is 0 Å². The van der Waals surface area contributed by atoms with Crippen LogP contribution in [-0.2, 0) is 9.47 Å². The van der Waals surface area contributed by atoms with Gasteiger partial charge in [0.2, 0.25) is 0 Å². The Morgan fingerprint density at radius 3 is 2.20 bits per heavy atom. The second kappa shape index (κ2) is 3.62. The summed E-state index contributed by atoms with van der Waals surface area (Å²) in [5.74, 6) is 0. The molecule has 0 bridgehead atoms. The van der Waals surface area contributed by atoms with Crippen LogP contribution in [0.15, 0.2) is 0 Å². The zero-order chi connectivity index (χ0) is 8.15. The quantitative estimate of drug-likeness (QED) is 0.248. The van der Waals surface area contributed by atoms with Crippen LogP contribution >= 0.6 is 12.2 Å². The fourth-order valence-electron chi connectivity index (χ4n) is 0.204. The third kappa shape index (κ3) is 4.78. The van der Waals surface area contributed by atoms with Crippen molar-refractivity contribution in [2.75, 3.05) is 0 Å². The summed E-state index contributed by atoms with van der Waals surface area (Å²) >= 11 is 4.21. The van der Waals surface area contributed by atoms with Gasteiger partial charge in [0.05, 0.1) is 0 Å². The summed E-state index contributed by atoms with van der Waals surface area (Å²) in [6.07, 6.45) is -1.98. The largest absolute Gasteiger partial charge is 0.413 e. The molecule has 10 heavy (non-hydrogen) atoms. The van der Waals surface area contributed by atoms with Gasteiger partial charge in [-0.2, -0.15) is 0 Å². The summed E-state index contributed by atoms with van der Waals surface area (Å²) in [6, 6.07) is 0. The SMILES string of the molecule is N=C(OC(N)=O)OC(N)=S. The number of carbonyl (C=O) groups is 1. The van der Waals surface area contributed by atoms with Crippen LogP contribution in [0.2, 0.25) is 0 Å². The van der Waals surface area contributed by atoms with E-state index in [1.165, 1.54) is 0 Å². The molecular formula is C3H5N3O3S. The number of nitrogens with one attached hydrogen (secondary N) is 1. The zero-order valence-corrected chi connectivity index (χ0v) is 5.60. The van der Waals surface area contributed by atoms with Gasteiger partial charge in [-0.1, -0.05) is 0 Å². The van der Waals surface area contributed by atoms with E-state index < -0.39 is 17.4 Å². The van der Waals surface area contributed by atoms with E-state index in [4.69, 9.17) is 11.1 Å². The highest BCUT2D eigenvalue weighted by molar-refractivity contribution is 7.80. The lowest BCUT2D eigenvalue weighted by Crippen LogP contribution is -2.24. The molecule has 0 atom stereocenters. The van der Waals surface area contributed by atoms with Crippen LogP contribution < -0.4 is 11.5 Å². The molecule has 0 saturated carbocycles. The second-order valence-electron chi connectivity index (χ2n) is 1.13. The number of hydrogen-bond donors (Lipinski definition) is 3. The first-order chi connectivity index (χ1) is 4.52. The van der Waals surface area contributed by atoms with Gasteiger partial charge in [0, 0.05) is 0 Å². The molecule has 0 rings (SSSR count). The van der Waals surface area contributed by atoms with Crippen molar-refractivity contribution in [1.29, 1.82) is 5.41 Å². The fraction of sp³-hybridized carbons (Fsp3) is 0. The standard InChI is InChI=1S/C3H5N3O3S/c4-1(7)8-2(5)9-3(6)10/h5H,(H2,4,7)(H2,6,10). The number of rotatable bonds is 0. The fourth-order valence-corrected chi connectivity index (χ4v) is 0.279. The predicted molar refractivity (Wildman–Crippen MR) is 36.3 cm³/mol. The van der Waals surface area contributed by atoms with Crippen molar-refractivity contribution in [3.05, 3.63) is 0 Å². The lowest BCUT2D eigenvalue weighted by molar-refractivity contribution is 0.193. The molecule has 0 aliphatic carbocycles. The number of hydrogen-bond acceptors (Lipinski definition) is 5. The summed E-state index contributed by atoms with van der Waals surface area (Å²) in [4.78, 5) is 9.89. The van der Waals surface area contributed by atoms with Gasteiger partial charge in [-0.15, -0.1) is 0 Å². The van der Waals surface area contributed by atoms with Gasteiger partial charge < -0.3 is 20.9 Å². The molecular weight excluding hydrogens is 158 g/mol. The van der Waals surface area contributed by atoms with Gasteiger partial charge in [0.25, 0.3) is 5.17 Å². The van der Waals surface area contributed by atoms with Crippen molar-refractivity contribution in [1.82, 2.24) is 0 Å². The number of ether oxygens (including phenoxy) is 2. The predicted octanol–water partition coefficient (Wildman–Crippen LogP) is -0.723. The first kappa shape index (κ1) is 8.63. The maximum atomic E-state index is 9.89. The van der Waals surface area contributed by atoms with E-state index in [-0.39, 0.29) is 0 Å². The molecule has 0 radical (unpaired) electrons. The molecule has 0 fully saturated rings. The second-order valence-corrected chi connectivity index (χ2v) is 1.53. The number of amides is 1. The Labute approximate surface area is 61.6 Å². The smallest absolute Gasteiger partial charge is 0.384 e. The highest BCUT2D eigenvalue weighted by Gasteiger charge is 2.03. The number of primary amides is 1. The summed E-state index contributed by atoms with van der Waals surface area (Å²) in [6.45, 7) is 0. The average Bonchev–Trinajstić information content (AvgIpc) is 1.58. The van der Waals surface area contributed by atoms with E-state index in [0.29, 0.717) is 0 Å². The topological polar surface area (TPSA) is 111 Å². The van der Waals surface area contributed by atoms with Crippen LogP contribution in [0.3, 0.4) is 0 Å². The normalized spacial score (nSPS) is 8.00. The molecule has 1 amide bonds. The molecule has 0 aliphatic heterocycles. The molecule has 56 valence electrons. The number of nitrogens with two attached hydrogens (primary N) is 2. The van der Waals surface area contributed by atoms with E-state index >= 15 is 0 Å². The molecule has 0 aromatic carbocycles. The summed E-state index contributed by atoms with van der Waals surface area (Å²) in [5.41, 5.74) is 9.31. The molecule has 0 saturated heterocycles. The van der Waals surface area contributed by atoms with E-state index in [1.807, 2.05) is 0 Å². The van der Waals surface area contributed by atoms with Crippen molar-refractivity contribution in [2.24, 2.45) is 11.5 Å². The van der Waals surface area contributed by atoms with Gasteiger partial charge in [-0.3, -0.25) is 0 Å². The molecule has 0 aromatic rings. The van der Waals surface area contributed by atoms with Gasteiger partial charge in [-0.25, -0.2) is 10.2 Å². The first-order valence-corrected chi connectivity index (χ1v) is 2.46. The van der Waals surface area contributed by atoms with Gasteiger partial charge in [0.1, 0.15) is 0 Å². The number of carbonyl (C=O) groups excluding carboxylic acids is 1. The molecule has 0 aliphatic rings. The van der Waals surface area contributed by atoms with Gasteiger partial charge >= 0.3 is 12.2 Å². The van der Waals surface area contributed by atoms with Crippen LogP contribution in [0.1, 0.15) is 0 Å². The summed E-state index contributed by atoms with van der Waals surface area (Å²) in [5, 5.41) is 6.23. The van der Waals surface area contributed by atoms with E-state index in [9.17, 15) is 4.79 Å². The maximum Gasteiger partial charge on any atom is 0.413 e. The highest BCUT2D eigenvalue weighted by atomic mass is 32.1. The third-order valence-corrected chi connectivity index (χ3v) is 0.470. The van der Waals surface area contributed by atoms with Crippen molar-refractivity contribution in [3.8, 4) is 0 Å². The first-order valence-electron chi connectivity index (χ1n) is 2.05. The molecule has 0 aromatic heterocycles. The minimum absolute atomic E-state index is 0.411. The number of thiocarbonyl (C=S) groups is 1. The van der Waals surface area contributed by atoms with Gasteiger partial charge in [0.15, 0.2) is 0 Å². The Balaban J connectivity index is 3.65. The Morgan fingerprint density at radius 1 is 1.40 bits per heavy atom. The van der Waals surface area contributed by atoms with Crippen LogP contribution in [0.4, 0.5) is 4.79 Å². The third-order valence-electron chi connectivity index (χ3n) is 0.387. The van der Waals surface area contributed by atoms with Crippen LogP contribution in [0.25, 0.3) is 0 Å². The zero-order valence-electron chi connectivity index (χ0n) is 4.79. The molecule has 7 heteroatoms. The molecule has 0 heterocycles. The van der Waals surface area contributed by atoms with Crippen molar-refractivity contribution in [3.63, 3.8) is 0 Å². The Morgan fingerprint density at radius 2 is 1.90 bits per heavy atom. The Hall–Kier alpha value is -1.37. The molecule has 6 nitrogen and oxygen atoms in total. The lowest BCUT2D eigenvalue weighted by Gasteiger charge is -2.00. The molecule has 5 N–H and O–H groups in total. The van der Waals surface area contributed by atoms with Crippen molar-refractivity contribution >= 4 is 29.6 Å². The average molecular weight is 163 g/mol. The Kier molecular flexibility index (Phi) is 3.12. The molecule has 0 spiro atoms. The van der Waals surface area contributed by atoms with E-state index in [2.05, 4.69) is 27.4 Å². The van der Waals surface area contributed by atoms with Crippen molar-refractivity contribution in [2.45, 2.75) is 0 Å². The maximum absolute atomic E-state index is 9.89. The minimum atomic E-state index is -1.15. The van der Waals surface area contributed by atoms with E-state index in [1.54, 1.807) is 0 Å².